The van der Waals surface area contributed by atoms with Gasteiger partial charge in [0.25, 0.3) is 0 Å². The molecule has 0 nitrogen and oxygen atoms in total. The van der Waals surface area contributed by atoms with Crippen LogP contribution in [0, 0.1) is 6.92 Å². The quantitative estimate of drug-likeness (QED) is 0.245. The molecule has 1 aliphatic rings. The fourth-order valence-corrected chi connectivity index (χ4v) is 5.46. The van der Waals surface area contributed by atoms with Gasteiger partial charge in [0.2, 0.25) is 0 Å². The third kappa shape index (κ3) is 4.01. The van der Waals surface area contributed by atoms with Crippen LogP contribution < -0.4 is 0 Å². The second-order valence-electron chi connectivity index (χ2n) is 9.39. The molecule has 0 saturated carbocycles. The van der Waals surface area contributed by atoms with E-state index in [1.54, 1.807) is 0 Å². The summed E-state index contributed by atoms with van der Waals surface area (Å²) in [6.45, 7) is 2.16. The third-order valence-corrected chi connectivity index (χ3v) is 7.07. The largest absolute Gasteiger partial charge is 0.0622 e. The first-order chi connectivity index (χ1) is 17.8. The molecule has 0 aliphatic heterocycles. The summed E-state index contributed by atoms with van der Waals surface area (Å²) in [5.41, 5.74) is 13.0. The molecule has 0 saturated heterocycles. The van der Waals surface area contributed by atoms with E-state index in [1.165, 1.54) is 55.7 Å². The fraction of sp³-hybridized carbons (Fsp3) is 0.0556. The molecule has 0 spiro atoms. The Morgan fingerprint density at radius 1 is 0.361 bits per heavy atom. The lowest BCUT2D eigenvalue weighted by molar-refractivity contribution is 1.13. The fourth-order valence-electron chi connectivity index (χ4n) is 5.46. The summed E-state index contributed by atoms with van der Waals surface area (Å²) < 4.78 is 0. The Hall–Kier alpha value is -4.42. The Kier molecular flexibility index (Phi) is 5.93. The SMILES string of the molecule is Cc1ccc(C2C(c3ccccc3)=C(c3ccccc3)C(c3ccccc3)=C2c2ccccc2)cc1. The van der Waals surface area contributed by atoms with E-state index in [-0.39, 0.29) is 5.92 Å². The van der Waals surface area contributed by atoms with Crippen molar-refractivity contribution in [3.05, 3.63) is 179 Å². The van der Waals surface area contributed by atoms with Crippen LogP contribution in [0.3, 0.4) is 0 Å². The number of rotatable bonds is 5. The Morgan fingerprint density at radius 2 is 0.694 bits per heavy atom. The highest BCUT2D eigenvalue weighted by Gasteiger charge is 2.37. The van der Waals surface area contributed by atoms with Crippen LogP contribution in [0.4, 0.5) is 0 Å². The van der Waals surface area contributed by atoms with Crippen molar-refractivity contribution < 1.29 is 0 Å². The van der Waals surface area contributed by atoms with Gasteiger partial charge in [0.15, 0.2) is 0 Å². The summed E-state index contributed by atoms with van der Waals surface area (Å²) >= 11 is 0. The van der Waals surface area contributed by atoms with Gasteiger partial charge in [-0.3, -0.25) is 0 Å². The summed E-state index contributed by atoms with van der Waals surface area (Å²) in [6.07, 6.45) is 0. The molecule has 172 valence electrons. The summed E-state index contributed by atoms with van der Waals surface area (Å²) in [5, 5.41) is 0. The van der Waals surface area contributed by atoms with Gasteiger partial charge in [-0.2, -0.15) is 0 Å². The molecule has 0 N–H and O–H groups in total. The van der Waals surface area contributed by atoms with Gasteiger partial charge in [0.05, 0.1) is 0 Å². The maximum atomic E-state index is 2.31. The first-order valence-corrected chi connectivity index (χ1v) is 12.6. The van der Waals surface area contributed by atoms with Gasteiger partial charge in [0.1, 0.15) is 0 Å². The first kappa shape index (κ1) is 22.1. The van der Waals surface area contributed by atoms with E-state index < -0.39 is 0 Å². The van der Waals surface area contributed by atoms with Crippen molar-refractivity contribution in [2.45, 2.75) is 12.8 Å². The average molecular weight is 461 g/mol. The Balaban J connectivity index is 1.77. The lowest BCUT2D eigenvalue weighted by Crippen LogP contribution is -2.03. The molecular weight excluding hydrogens is 432 g/mol. The highest BCUT2D eigenvalue weighted by molar-refractivity contribution is 6.29. The van der Waals surface area contributed by atoms with Gasteiger partial charge in [-0.1, -0.05) is 151 Å². The van der Waals surface area contributed by atoms with Crippen molar-refractivity contribution in [1.82, 2.24) is 0 Å². The van der Waals surface area contributed by atoms with Crippen LogP contribution in [0.1, 0.15) is 39.3 Å². The van der Waals surface area contributed by atoms with Crippen molar-refractivity contribution in [1.29, 1.82) is 0 Å². The first-order valence-electron chi connectivity index (χ1n) is 12.6. The molecule has 5 aromatic carbocycles. The minimum absolute atomic E-state index is 0.112. The van der Waals surface area contributed by atoms with Crippen LogP contribution >= 0.6 is 0 Å². The summed E-state index contributed by atoms with van der Waals surface area (Å²) in [6, 6.07) is 52.7. The van der Waals surface area contributed by atoms with Gasteiger partial charge in [-0.15, -0.1) is 0 Å². The van der Waals surface area contributed by atoms with Gasteiger partial charge in [0, 0.05) is 5.92 Å². The minimum Gasteiger partial charge on any atom is -0.0622 e. The highest BCUT2D eigenvalue weighted by atomic mass is 14.4. The van der Waals surface area contributed by atoms with Crippen LogP contribution in [0.25, 0.3) is 22.3 Å². The Labute approximate surface area is 213 Å². The van der Waals surface area contributed by atoms with Crippen molar-refractivity contribution in [2.24, 2.45) is 0 Å². The second-order valence-corrected chi connectivity index (χ2v) is 9.39. The molecule has 0 aromatic heterocycles. The van der Waals surface area contributed by atoms with E-state index in [9.17, 15) is 0 Å². The van der Waals surface area contributed by atoms with Crippen LogP contribution in [0.5, 0.6) is 0 Å². The smallest absolute Gasteiger partial charge is 0.0364 e. The molecule has 0 fully saturated rings. The lowest BCUT2D eigenvalue weighted by atomic mass is 9.81. The van der Waals surface area contributed by atoms with Crippen molar-refractivity contribution >= 4 is 22.3 Å². The number of hydrogen-bond acceptors (Lipinski definition) is 0. The Morgan fingerprint density at radius 3 is 1.06 bits per heavy atom. The monoisotopic (exact) mass is 460 g/mol. The predicted molar refractivity (Wildman–Crippen MR) is 153 cm³/mol. The van der Waals surface area contributed by atoms with Gasteiger partial charge < -0.3 is 0 Å². The minimum atomic E-state index is 0.112. The van der Waals surface area contributed by atoms with Gasteiger partial charge >= 0.3 is 0 Å². The topological polar surface area (TPSA) is 0 Å². The van der Waals surface area contributed by atoms with Crippen molar-refractivity contribution in [2.75, 3.05) is 0 Å². The van der Waals surface area contributed by atoms with Gasteiger partial charge in [-0.25, -0.2) is 0 Å². The molecule has 0 amide bonds. The van der Waals surface area contributed by atoms with Crippen LogP contribution in [-0.2, 0) is 0 Å². The number of allylic oxidation sites excluding steroid dienone is 4. The molecular formula is C36H28. The predicted octanol–water partition coefficient (Wildman–Crippen LogP) is 9.31. The molecule has 1 aliphatic carbocycles. The number of aryl methyl sites for hydroxylation is 1. The molecule has 0 atom stereocenters. The summed E-state index contributed by atoms with van der Waals surface area (Å²) in [4.78, 5) is 0. The van der Waals surface area contributed by atoms with E-state index >= 15 is 0 Å². The van der Waals surface area contributed by atoms with E-state index in [2.05, 4.69) is 153 Å². The van der Waals surface area contributed by atoms with Crippen molar-refractivity contribution in [3.63, 3.8) is 0 Å². The molecule has 0 heterocycles. The zero-order chi connectivity index (χ0) is 24.3. The van der Waals surface area contributed by atoms with E-state index in [0.717, 1.165) is 0 Å². The molecule has 0 unspecified atom stereocenters. The van der Waals surface area contributed by atoms with Crippen LogP contribution in [0.15, 0.2) is 146 Å². The summed E-state index contributed by atoms with van der Waals surface area (Å²) in [5.74, 6) is 0.112. The number of benzene rings is 5. The van der Waals surface area contributed by atoms with Gasteiger partial charge in [-0.05, 0) is 57.0 Å². The zero-order valence-corrected chi connectivity index (χ0v) is 20.4. The van der Waals surface area contributed by atoms with Crippen LogP contribution in [-0.4, -0.2) is 0 Å². The zero-order valence-electron chi connectivity index (χ0n) is 20.4. The Bertz CT molecular complexity index is 1420. The highest BCUT2D eigenvalue weighted by Crippen LogP contribution is 2.58. The molecule has 36 heavy (non-hydrogen) atoms. The maximum Gasteiger partial charge on any atom is 0.0364 e. The average Bonchev–Trinajstić information content (AvgIpc) is 3.31. The number of hydrogen-bond donors (Lipinski definition) is 0. The standard InChI is InChI=1S/C36H28/c1-26-22-24-31(25-23-26)36-34(29-18-10-4-11-19-29)32(27-14-6-2-7-15-27)33(28-16-8-3-9-17-28)35(36)30-20-12-5-13-21-30/h2-25,36H,1H3. The normalized spacial score (nSPS) is 13.9. The molecule has 6 rings (SSSR count). The third-order valence-electron chi connectivity index (χ3n) is 7.07. The van der Waals surface area contributed by atoms with E-state index in [1.807, 2.05) is 0 Å². The summed E-state index contributed by atoms with van der Waals surface area (Å²) in [7, 11) is 0. The molecule has 0 heteroatoms. The van der Waals surface area contributed by atoms with E-state index in [4.69, 9.17) is 0 Å². The van der Waals surface area contributed by atoms with E-state index in [0.29, 0.717) is 0 Å². The molecule has 5 aromatic rings. The molecule has 0 bridgehead atoms. The molecule has 0 radical (unpaired) electrons. The maximum absolute atomic E-state index is 2.31. The second kappa shape index (κ2) is 9.68. The van der Waals surface area contributed by atoms with Crippen molar-refractivity contribution in [3.8, 4) is 0 Å². The van der Waals surface area contributed by atoms with Crippen LogP contribution in [0.2, 0.25) is 0 Å². The lowest BCUT2D eigenvalue weighted by Gasteiger charge is -2.22.